The molecule has 0 saturated carbocycles. The van der Waals surface area contributed by atoms with Gasteiger partial charge in [-0.3, -0.25) is 9.48 Å². The van der Waals surface area contributed by atoms with Gasteiger partial charge in [0.1, 0.15) is 11.3 Å². The average Bonchev–Trinajstić information content (AvgIpc) is 3.19. The van der Waals surface area contributed by atoms with E-state index in [0.29, 0.717) is 23.6 Å². The quantitative estimate of drug-likeness (QED) is 0.524. The number of benzene rings is 2. The lowest BCUT2D eigenvalue weighted by Gasteiger charge is -2.09. The summed E-state index contributed by atoms with van der Waals surface area (Å²) >= 11 is 0. The van der Waals surface area contributed by atoms with Gasteiger partial charge in [0, 0.05) is 35.6 Å². The number of amides is 1. The molecule has 1 amide bonds. The summed E-state index contributed by atoms with van der Waals surface area (Å²) in [4.78, 5) is 23.5. The van der Waals surface area contributed by atoms with E-state index in [0.717, 1.165) is 10.9 Å². The Labute approximate surface area is 160 Å². The molecule has 1 N–H and O–H groups in total. The first kappa shape index (κ1) is 17.5. The minimum absolute atomic E-state index is 0.161. The van der Waals surface area contributed by atoms with Gasteiger partial charge in [-0.25, -0.2) is 4.79 Å². The van der Waals surface area contributed by atoms with Crippen LogP contribution in [0.1, 0.15) is 5.56 Å². The average molecular weight is 375 g/mol. The van der Waals surface area contributed by atoms with Crippen molar-refractivity contribution in [2.45, 2.75) is 6.54 Å². The fourth-order valence-electron chi connectivity index (χ4n) is 2.81. The van der Waals surface area contributed by atoms with Crippen LogP contribution in [0.5, 0.6) is 5.75 Å². The summed E-state index contributed by atoms with van der Waals surface area (Å²) in [6.07, 6.45) is 3.60. The standard InChI is InChI=1S/C21H17N3O4/c25-20(14-27-18-7-5-16-6-8-21(26)28-19(16)12-18)23-17-4-1-3-15(11-17)13-24-10-2-9-22-24/h1-12H,13-14H2,(H,23,25). The number of hydrogen-bond acceptors (Lipinski definition) is 5. The maximum absolute atomic E-state index is 12.2. The summed E-state index contributed by atoms with van der Waals surface area (Å²) in [5.41, 5.74) is 1.68. The van der Waals surface area contributed by atoms with Gasteiger partial charge in [0.05, 0.1) is 6.54 Å². The van der Waals surface area contributed by atoms with Crippen molar-refractivity contribution >= 4 is 22.6 Å². The Kier molecular flexibility index (Phi) is 4.88. The van der Waals surface area contributed by atoms with E-state index in [1.54, 1.807) is 30.5 Å². The number of fused-ring (bicyclic) bond motifs is 1. The lowest BCUT2D eigenvalue weighted by molar-refractivity contribution is -0.118. The molecular formula is C21H17N3O4. The molecule has 0 aliphatic rings. The smallest absolute Gasteiger partial charge is 0.336 e. The lowest BCUT2D eigenvalue weighted by Crippen LogP contribution is -2.20. The molecule has 2 aromatic carbocycles. The molecule has 2 aromatic heterocycles. The monoisotopic (exact) mass is 375 g/mol. The van der Waals surface area contributed by atoms with Gasteiger partial charge in [-0.05, 0) is 42.0 Å². The number of carbonyl (C=O) groups is 1. The zero-order chi connectivity index (χ0) is 19.3. The highest BCUT2D eigenvalue weighted by Gasteiger charge is 2.06. The first-order chi connectivity index (χ1) is 13.7. The first-order valence-corrected chi connectivity index (χ1v) is 8.69. The summed E-state index contributed by atoms with van der Waals surface area (Å²) in [5.74, 6) is 0.162. The molecule has 0 saturated heterocycles. The number of rotatable bonds is 6. The summed E-state index contributed by atoms with van der Waals surface area (Å²) in [6.45, 7) is 0.460. The molecule has 28 heavy (non-hydrogen) atoms. The molecule has 2 heterocycles. The number of ether oxygens (including phenoxy) is 1. The van der Waals surface area contributed by atoms with Crippen molar-refractivity contribution in [1.82, 2.24) is 9.78 Å². The van der Waals surface area contributed by atoms with Crippen molar-refractivity contribution in [2.75, 3.05) is 11.9 Å². The van der Waals surface area contributed by atoms with E-state index in [1.807, 2.05) is 41.2 Å². The van der Waals surface area contributed by atoms with E-state index >= 15 is 0 Å². The minimum Gasteiger partial charge on any atom is -0.484 e. The third kappa shape index (κ3) is 4.27. The van der Waals surface area contributed by atoms with Crippen molar-refractivity contribution in [3.63, 3.8) is 0 Å². The number of nitrogens with zero attached hydrogens (tertiary/aromatic N) is 2. The topological polar surface area (TPSA) is 86.4 Å². The SMILES string of the molecule is O=C(COc1ccc2ccc(=O)oc2c1)Nc1cccc(Cn2cccn2)c1. The second kappa shape index (κ2) is 7.79. The number of aromatic nitrogens is 2. The van der Waals surface area contributed by atoms with Crippen LogP contribution in [0.25, 0.3) is 11.0 Å². The molecular weight excluding hydrogens is 358 g/mol. The van der Waals surface area contributed by atoms with Crippen LogP contribution in [0.2, 0.25) is 0 Å². The molecule has 0 aliphatic carbocycles. The summed E-state index contributed by atoms with van der Waals surface area (Å²) in [5, 5.41) is 7.77. The van der Waals surface area contributed by atoms with Gasteiger partial charge in [-0.2, -0.15) is 5.10 Å². The number of anilines is 1. The molecule has 4 aromatic rings. The molecule has 4 rings (SSSR count). The van der Waals surface area contributed by atoms with Crippen molar-refractivity contribution in [3.05, 3.63) is 89.0 Å². The van der Waals surface area contributed by atoms with E-state index in [9.17, 15) is 9.59 Å². The highest BCUT2D eigenvalue weighted by molar-refractivity contribution is 5.92. The summed E-state index contributed by atoms with van der Waals surface area (Å²) in [6, 6.07) is 17.5. The van der Waals surface area contributed by atoms with Crippen molar-refractivity contribution in [3.8, 4) is 5.75 Å². The van der Waals surface area contributed by atoms with Crippen LogP contribution in [0, 0.1) is 0 Å². The van der Waals surface area contributed by atoms with E-state index < -0.39 is 5.63 Å². The predicted octanol–water partition coefficient (Wildman–Crippen LogP) is 3.06. The number of carbonyl (C=O) groups excluding carboxylic acids is 1. The van der Waals surface area contributed by atoms with Gasteiger partial charge in [0.25, 0.3) is 5.91 Å². The maximum Gasteiger partial charge on any atom is 0.336 e. The molecule has 7 nitrogen and oxygen atoms in total. The third-order valence-electron chi connectivity index (χ3n) is 4.08. The molecule has 7 heteroatoms. The largest absolute Gasteiger partial charge is 0.484 e. The van der Waals surface area contributed by atoms with Crippen LogP contribution in [-0.2, 0) is 11.3 Å². The van der Waals surface area contributed by atoms with E-state index in [4.69, 9.17) is 9.15 Å². The third-order valence-corrected chi connectivity index (χ3v) is 4.08. The zero-order valence-electron chi connectivity index (χ0n) is 14.9. The van der Waals surface area contributed by atoms with Crippen molar-refractivity contribution in [2.24, 2.45) is 0 Å². The minimum atomic E-state index is -0.433. The van der Waals surface area contributed by atoms with Crippen LogP contribution in [-0.4, -0.2) is 22.3 Å². The first-order valence-electron chi connectivity index (χ1n) is 8.69. The zero-order valence-corrected chi connectivity index (χ0v) is 14.9. The van der Waals surface area contributed by atoms with Gasteiger partial charge < -0.3 is 14.5 Å². The Morgan fingerprint density at radius 3 is 2.86 bits per heavy atom. The molecule has 0 spiro atoms. The fraction of sp³-hybridized carbons (Fsp3) is 0.0952. The van der Waals surface area contributed by atoms with Crippen molar-refractivity contribution < 1.29 is 13.9 Å². The van der Waals surface area contributed by atoms with Crippen LogP contribution in [0.3, 0.4) is 0 Å². The van der Waals surface area contributed by atoms with Crippen molar-refractivity contribution in [1.29, 1.82) is 0 Å². The second-order valence-corrected chi connectivity index (χ2v) is 6.19. The molecule has 0 aliphatic heterocycles. The normalized spacial score (nSPS) is 10.7. The Hall–Kier alpha value is -3.87. The van der Waals surface area contributed by atoms with Gasteiger partial charge >= 0.3 is 5.63 Å². The Balaban J connectivity index is 1.37. The number of hydrogen-bond donors (Lipinski definition) is 1. The maximum atomic E-state index is 12.2. The van der Waals surface area contributed by atoms with Crippen LogP contribution in [0.15, 0.2) is 82.3 Å². The van der Waals surface area contributed by atoms with Gasteiger partial charge in [-0.15, -0.1) is 0 Å². The van der Waals surface area contributed by atoms with E-state index in [2.05, 4.69) is 10.4 Å². The highest BCUT2D eigenvalue weighted by Crippen LogP contribution is 2.19. The molecule has 0 unspecified atom stereocenters. The fourth-order valence-corrected chi connectivity index (χ4v) is 2.81. The highest BCUT2D eigenvalue weighted by atomic mass is 16.5. The molecule has 140 valence electrons. The number of nitrogens with one attached hydrogen (secondary N) is 1. The summed E-state index contributed by atoms with van der Waals surface area (Å²) < 4.78 is 12.4. The van der Waals surface area contributed by atoms with Gasteiger partial charge in [-0.1, -0.05) is 12.1 Å². The Morgan fingerprint density at radius 2 is 2.00 bits per heavy atom. The van der Waals surface area contributed by atoms with Gasteiger partial charge in [0.15, 0.2) is 6.61 Å². The van der Waals surface area contributed by atoms with E-state index in [-0.39, 0.29) is 12.5 Å². The Bertz CT molecular complexity index is 1170. The molecule has 0 atom stereocenters. The molecule has 0 radical (unpaired) electrons. The van der Waals surface area contributed by atoms with Gasteiger partial charge in [0.2, 0.25) is 0 Å². The Morgan fingerprint density at radius 1 is 1.11 bits per heavy atom. The van der Waals surface area contributed by atoms with Crippen LogP contribution < -0.4 is 15.7 Å². The second-order valence-electron chi connectivity index (χ2n) is 6.19. The predicted molar refractivity (Wildman–Crippen MR) is 104 cm³/mol. The lowest BCUT2D eigenvalue weighted by atomic mass is 10.2. The molecule has 0 bridgehead atoms. The van der Waals surface area contributed by atoms with E-state index in [1.165, 1.54) is 6.07 Å². The molecule has 0 fully saturated rings. The summed E-state index contributed by atoms with van der Waals surface area (Å²) in [7, 11) is 0. The van der Waals surface area contributed by atoms with Crippen LogP contribution >= 0.6 is 0 Å². The van der Waals surface area contributed by atoms with Crippen LogP contribution in [0.4, 0.5) is 5.69 Å².